The minimum atomic E-state index is -0.713. The number of nitrogens with two attached hydrogens (primary N) is 1. The number of hydrogen-bond donors (Lipinski definition) is 3. The Morgan fingerprint density at radius 3 is 2.46 bits per heavy atom. The van der Waals surface area contributed by atoms with Gasteiger partial charge in [-0.25, -0.2) is 4.39 Å². The predicted octanol–water partition coefficient (Wildman–Crippen LogP) is 4.98. The Kier molecular flexibility index (Phi) is 12.8. The van der Waals surface area contributed by atoms with E-state index in [0.29, 0.717) is 18.5 Å². The van der Waals surface area contributed by atoms with Crippen LogP contribution in [-0.2, 0) is 4.74 Å². The fourth-order valence-corrected chi connectivity index (χ4v) is 4.91. The monoisotopic (exact) mass is 516 g/mol. The lowest BCUT2D eigenvalue weighted by atomic mass is 9.95. The van der Waals surface area contributed by atoms with Crippen LogP contribution in [0.15, 0.2) is 53.9 Å². The molecule has 5 unspecified atom stereocenters. The SMILES string of the molecule is C/C=C(\C=C(\C)CC)c1ccc(C(C(CF)N/C=C(\N)CCN(C)C2CC(C)OC(O)C2)N(C)C)cc1. The van der Waals surface area contributed by atoms with Gasteiger partial charge in [0.2, 0.25) is 0 Å². The lowest BCUT2D eigenvalue weighted by molar-refractivity contribution is -0.173. The van der Waals surface area contributed by atoms with Gasteiger partial charge in [0.15, 0.2) is 6.29 Å². The summed E-state index contributed by atoms with van der Waals surface area (Å²) in [6.45, 7) is 8.57. The highest BCUT2D eigenvalue weighted by Crippen LogP contribution is 2.26. The molecule has 37 heavy (non-hydrogen) atoms. The highest BCUT2D eigenvalue weighted by Gasteiger charge is 2.28. The van der Waals surface area contributed by atoms with E-state index in [2.05, 4.69) is 67.4 Å². The van der Waals surface area contributed by atoms with Crippen LogP contribution in [0.25, 0.3) is 5.57 Å². The summed E-state index contributed by atoms with van der Waals surface area (Å²) < 4.78 is 19.7. The van der Waals surface area contributed by atoms with E-state index in [4.69, 9.17) is 10.5 Å². The van der Waals surface area contributed by atoms with Crippen molar-refractivity contribution in [3.05, 3.63) is 65.0 Å². The van der Waals surface area contributed by atoms with Gasteiger partial charge >= 0.3 is 0 Å². The average molecular weight is 517 g/mol. The highest BCUT2D eigenvalue weighted by atomic mass is 19.1. The second kappa shape index (κ2) is 15.3. The van der Waals surface area contributed by atoms with Crippen LogP contribution in [0.2, 0.25) is 0 Å². The van der Waals surface area contributed by atoms with E-state index >= 15 is 0 Å². The van der Waals surface area contributed by atoms with Crippen LogP contribution < -0.4 is 11.1 Å². The summed E-state index contributed by atoms with van der Waals surface area (Å²) in [6.07, 6.45) is 8.58. The molecule has 208 valence electrons. The fraction of sp³-hybridized carbons (Fsp3) is 0.600. The molecule has 0 aromatic heterocycles. The molecule has 0 spiro atoms. The van der Waals surface area contributed by atoms with E-state index in [1.807, 2.05) is 33.0 Å². The molecule has 1 heterocycles. The molecular formula is C30H49FN4O2. The van der Waals surface area contributed by atoms with Gasteiger partial charge in [0.1, 0.15) is 6.67 Å². The zero-order chi connectivity index (χ0) is 27.5. The van der Waals surface area contributed by atoms with E-state index in [1.165, 1.54) is 11.1 Å². The molecule has 5 atom stereocenters. The van der Waals surface area contributed by atoms with Crippen LogP contribution in [-0.4, -0.2) is 73.7 Å². The van der Waals surface area contributed by atoms with Crippen molar-refractivity contribution < 1.29 is 14.2 Å². The molecule has 0 bridgehead atoms. The molecule has 6 nitrogen and oxygen atoms in total. The Morgan fingerprint density at radius 2 is 1.92 bits per heavy atom. The first-order chi connectivity index (χ1) is 17.6. The quantitative estimate of drug-likeness (QED) is 0.321. The van der Waals surface area contributed by atoms with E-state index in [-0.39, 0.29) is 18.2 Å². The van der Waals surface area contributed by atoms with Crippen molar-refractivity contribution in [2.24, 2.45) is 5.73 Å². The Morgan fingerprint density at radius 1 is 1.24 bits per heavy atom. The number of rotatable bonds is 13. The summed E-state index contributed by atoms with van der Waals surface area (Å²) in [7, 11) is 5.99. The van der Waals surface area contributed by atoms with Gasteiger partial charge in [-0.15, -0.1) is 0 Å². The molecule has 1 aromatic rings. The number of allylic oxidation sites excluding steroid dienone is 4. The van der Waals surface area contributed by atoms with Crippen molar-refractivity contribution in [3.8, 4) is 0 Å². The number of halogens is 1. The van der Waals surface area contributed by atoms with Gasteiger partial charge in [-0.1, -0.05) is 48.9 Å². The molecule has 0 saturated carbocycles. The normalized spacial score (nSPS) is 23.4. The lowest BCUT2D eigenvalue weighted by Crippen LogP contribution is -2.43. The standard InChI is InChI=1S/C30H49FN4O2/c1-8-21(3)16-23(9-2)24-10-12-25(13-11-24)30(34(5)6)28(19-31)33-20-26(32)14-15-35(7)27-17-22(4)37-29(36)18-27/h9-13,16,20,22,27-30,33,36H,8,14-15,17-19,32H2,1-7H3/b21-16-,23-9+,26-20-. The zero-order valence-electron chi connectivity index (χ0n) is 23.9. The maximum atomic E-state index is 14.3. The molecule has 0 aliphatic carbocycles. The fourth-order valence-electron chi connectivity index (χ4n) is 4.91. The first kappa shape index (κ1) is 31.0. The second-order valence-electron chi connectivity index (χ2n) is 10.5. The van der Waals surface area contributed by atoms with Gasteiger partial charge in [-0.2, -0.15) is 0 Å². The molecule has 0 radical (unpaired) electrons. The van der Waals surface area contributed by atoms with Crippen LogP contribution >= 0.6 is 0 Å². The summed E-state index contributed by atoms with van der Waals surface area (Å²) in [5.74, 6) is 0. The van der Waals surface area contributed by atoms with Crippen molar-refractivity contribution in [1.82, 2.24) is 15.1 Å². The van der Waals surface area contributed by atoms with Gasteiger partial charge in [-0.3, -0.25) is 0 Å². The molecule has 7 heteroatoms. The summed E-state index contributed by atoms with van der Waals surface area (Å²) in [5.41, 5.74) is 11.7. The predicted molar refractivity (Wildman–Crippen MR) is 153 cm³/mol. The maximum Gasteiger partial charge on any atom is 0.156 e. The summed E-state index contributed by atoms with van der Waals surface area (Å²) >= 11 is 0. The maximum absolute atomic E-state index is 14.3. The Labute approximate surface area is 224 Å². The number of ether oxygens (including phenoxy) is 1. The molecular weight excluding hydrogens is 467 g/mol. The van der Waals surface area contributed by atoms with Crippen molar-refractivity contribution in [2.45, 2.75) is 83.9 Å². The molecule has 4 N–H and O–H groups in total. The molecule has 1 aromatic carbocycles. The molecule has 1 aliphatic heterocycles. The van der Waals surface area contributed by atoms with E-state index in [1.54, 1.807) is 6.20 Å². The van der Waals surface area contributed by atoms with Crippen molar-refractivity contribution in [2.75, 3.05) is 34.4 Å². The van der Waals surface area contributed by atoms with Crippen LogP contribution in [0.3, 0.4) is 0 Å². The third kappa shape index (κ3) is 9.56. The number of likely N-dealkylation sites (N-methyl/N-ethyl adjacent to an activating group) is 1. The van der Waals surface area contributed by atoms with Gasteiger partial charge < -0.3 is 30.7 Å². The molecule has 1 fully saturated rings. The van der Waals surface area contributed by atoms with Crippen LogP contribution in [0.1, 0.15) is 70.5 Å². The number of hydrogen-bond acceptors (Lipinski definition) is 6. The zero-order valence-corrected chi connectivity index (χ0v) is 23.9. The third-order valence-electron chi connectivity index (χ3n) is 7.29. The van der Waals surface area contributed by atoms with Gasteiger partial charge in [-0.05, 0) is 71.5 Å². The first-order valence-corrected chi connectivity index (χ1v) is 13.5. The number of nitrogens with one attached hydrogen (secondary N) is 1. The Bertz CT molecular complexity index is 903. The van der Waals surface area contributed by atoms with Gasteiger partial charge in [0.05, 0.1) is 18.2 Å². The van der Waals surface area contributed by atoms with Crippen molar-refractivity contribution in [1.29, 1.82) is 0 Å². The average Bonchev–Trinajstić information content (AvgIpc) is 2.87. The van der Waals surface area contributed by atoms with Crippen molar-refractivity contribution >= 4 is 5.57 Å². The van der Waals surface area contributed by atoms with Crippen LogP contribution in [0.4, 0.5) is 4.39 Å². The Hall–Kier alpha value is -2.19. The lowest BCUT2D eigenvalue weighted by Gasteiger charge is -2.36. The van der Waals surface area contributed by atoms with E-state index in [0.717, 1.165) is 30.5 Å². The summed E-state index contributed by atoms with van der Waals surface area (Å²) in [4.78, 5) is 4.26. The molecule has 1 aliphatic rings. The summed E-state index contributed by atoms with van der Waals surface area (Å²) in [5, 5.41) is 13.1. The topological polar surface area (TPSA) is 74.0 Å². The van der Waals surface area contributed by atoms with Crippen LogP contribution in [0, 0.1) is 0 Å². The smallest absolute Gasteiger partial charge is 0.156 e. The third-order valence-corrected chi connectivity index (χ3v) is 7.29. The molecule has 2 rings (SSSR count). The largest absolute Gasteiger partial charge is 0.401 e. The number of nitrogens with zero attached hydrogens (tertiary/aromatic N) is 2. The number of benzene rings is 1. The van der Waals surface area contributed by atoms with Gasteiger partial charge in [0.25, 0.3) is 0 Å². The minimum Gasteiger partial charge on any atom is -0.401 e. The second-order valence-corrected chi connectivity index (χ2v) is 10.5. The van der Waals surface area contributed by atoms with Gasteiger partial charge in [0, 0.05) is 37.3 Å². The molecule has 0 amide bonds. The van der Waals surface area contributed by atoms with E-state index in [9.17, 15) is 9.50 Å². The number of aliphatic hydroxyl groups excluding tert-OH is 1. The highest BCUT2D eigenvalue weighted by molar-refractivity contribution is 5.74. The Balaban J connectivity index is 2.05. The van der Waals surface area contributed by atoms with Crippen LogP contribution in [0.5, 0.6) is 0 Å². The first-order valence-electron chi connectivity index (χ1n) is 13.5. The molecule has 1 saturated heterocycles. The number of alkyl halides is 1. The van der Waals surface area contributed by atoms with E-state index < -0.39 is 19.0 Å². The number of aliphatic hydroxyl groups is 1. The minimum absolute atomic E-state index is 0.0367. The van der Waals surface area contributed by atoms with Crippen molar-refractivity contribution in [3.63, 3.8) is 0 Å². The summed E-state index contributed by atoms with van der Waals surface area (Å²) in [6, 6.07) is 8.07.